The minimum atomic E-state index is 0. The predicted octanol–water partition coefficient (Wildman–Crippen LogP) is 1.59. The molecule has 0 unspecified atom stereocenters. The van der Waals surface area contributed by atoms with Crippen LogP contribution in [0, 0.1) is 0 Å². The first-order valence-electron chi connectivity index (χ1n) is 9.06. The van der Waals surface area contributed by atoms with E-state index in [1.165, 1.54) is 24.8 Å². The number of nitrogens with zero attached hydrogens (tertiary/aromatic N) is 3. The van der Waals surface area contributed by atoms with Gasteiger partial charge in [-0.25, -0.2) is 0 Å². The summed E-state index contributed by atoms with van der Waals surface area (Å²) in [5, 5.41) is 6.86. The van der Waals surface area contributed by atoms with Gasteiger partial charge in [-0.15, -0.1) is 16.4 Å². The zero-order valence-corrected chi connectivity index (χ0v) is 17.4. The molecule has 0 saturated heterocycles. The van der Waals surface area contributed by atoms with E-state index in [4.69, 9.17) is 5.10 Å². The highest BCUT2D eigenvalue weighted by molar-refractivity contribution is 7.07. The Morgan fingerprint density at radius 2 is 1.67 bits per heavy atom. The summed E-state index contributed by atoms with van der Waals surface area (Å²) in [5.41, 5.74) is 6.65. The van der Waals surface area contributed by atoms with E-state index in [9.17, 15) is 0 Å². The predicted molar refractivity (Wildman–Crippen MR) is 109 cm³/mol. The number of halogens is 1. The van der Waals surface area contributed by atoms with Crippen LogP contribution in [0.15, 0.2) is 76.1 Å². The van der Waals surface area contributed by atoms with E-state index in [0.717, 1.165) is 35.0 Å². The number of hydrogen-bond donors (Lipinski definition) is 1. The smallest absolute Gasteiger partial charge is 0.213 e. The average molecular weight is 442 g/mol. The lowest BCUT2D eigenvalue weighted by atomic mass is 10.1. The maximum Gasteiger partial charge on any atom is 0.213 e. The third kappa shape index (κ3) is 4.76. The van der Waals surface area contributed by atoms with Gasteiger partial charge in [0.25, 0.3) is 0 Å². The monoisotopic (exact) mass is 441 g/mol. The van der Waals surface area contributed by atoms with Gasteiger partial charge in [-0.3, -0.25) is 15.0 Å². The number of aromatic nitrogens is 1. The zero-order chi connectivity index (χ0) is 17.6. The molecular weight excluding hydrogens is 420 g/mol. The van der Waals surface area contributed by atoms with Gasteiger partial charge in [0.1, 0.15) is 5.84 Å². The summed E-state index contributed by atoms with van der Waals surface area (Å²) in [6.07, 6.45) is 4.58. The van der Waals surface area contributed by atoms with Crippen molar-refractivity contribution in [1.82, 2.24) is 9.99 Å². The Balaban J connectivity index is 0.00000210. The summed E-state index contributed by atoms with van der Waals surface area (Å²) < 4.78 is 2.20. The van der Waals surface area contributed by atoms with Crippen molar-refractivity contribution in [2.45, 2.75) is 25.7 Å². The number of nitrogens with one attached hydrogen (secondary N) is 1. The Hall–Kier alpha value is -2.18. The molecule has 0 fully saturated rings. The minimum Gasteiger partial charge on any atom is -1.00 e. The molecule has 1 N–H and O–H groups in total. The second kappa shape index (κ2) is 9.67. The van der Waals surface area contributed by atoms with E-state index < -0.39 is 0 Å². The minimum absolute atomic E-state index is 0. The van der Waals surface area contributed by atoms with Crippen LogP contribution in [0.4, 0.5) is 0 Å². The molecule has 2 heterocycles. The second-order valence-electron chi connectivity index (χ2n) is 6.30. The van der Waals surface area contributed by atoms with Gasteiger partial charge in [0.05, 0.1) is 5.69 Å². The number of hydrogen-bond acceptors (Lipinski definition) is 4. The van der Waals surface area contributed by atoms with Crippen LogP contribution in [0.5, 0.6) is 0 Å². The van der Waals surface area contributed by atoms with Crippen molar-refractivity contribution in [3.05, 3.63) is 70.8 Å². The number of rotatable bonds is 3. The summed E-state index contributed by atoms with van der Waals surface area (Å²) in [7, 11) is 0. The van der Waals surface area contributed by atoms with E-state index >= 15 is 0 Å². The maximum atomic E-state index is 4.69. The van der Waals surface area contributed by atoms with Crippen molar-refractivity contribution < 1.29 is 17.0 Å². The van der Waals surface area contributed by atoms with Crippen LogP contribution in [0.1, 0.15) is 25.7 Å². The molecule has 1 aliphatic heterocycles. The molecule has 1 aliphatic rings. The highest BCUT2D eigenvalue weighted by Crippen LogP contribution is 2.23. The van der Waals surface area contributed by atoms with Crippen molar-refractivity contribution in [3.63, 3.8) is 0 Å². The molecular formula is C21H22BrN4S-. The fourth-order valence-corrected chi connectivity index (χ4v) is 3.97. The van der Waals surface area contributed by atoms with Crippen LogP contribution in [0.25, 0.3) is 16.9 Å². The lowest BCUT2D eigenvalue weighted by Gasteiger charge is -2.09. The van der Waals surface area contributed by atoms with Gasteiger partial charge in [0.2, 0.25) is 4.80 Å². The second-order valence-corrected chi connectivity index (χ2v) is 7.14. The molecule has 6 heteroatoms. The van der Waals surface area contributed by atoms with Gasteiger partial charge in [-0.05, 0) is 30.5 Å². The number of amidine groups is 1. The van der Waals surface area contributed by atoms with Crippen LogP contribution in [-0.4, -0.2) is 16.9 Å². The molecule has 3 aromatic rings. The van der Waals surface area contributed by atoms with Gasteiger partial charge in [0.15, 0.2) is 0 Å². The first-order chi connectivity index (χ1) is 12.9. The Labute approximate surface area is 174 Å². The molecule has 140 valence electrons. The van der Waals surface area contributed by atoms with Crippen LogP contribution < -0.4 is 27.2 Å². The third-order valence-corrected chi connectivity index (χ3v) is 5.27. The number of aliphatic imine (C=N–C) groups is 1. The Morgan fingerprint density at radius 1 is 0.926 bits per heavy atom. The number of thiazole rings is 1. The fraction of sp³-hybridized carbons (Fsp3) is 0.238. The molecule has 0 atom stereocenters. The van der Waals surface area contributed by atoms with Gasteiger partial charge in [-0.1, -0.05) is 55.0 Å². The normalized spacial score (nSPS) is 14.8. The van der Waals surface area contributed by atoms with Crippen molar-refractivity contribution >= 4 is 17.2 Å². The molecule has 0 aliphatic carbocycles. The largest absolute Gasteiger partial charge is 1.00 e. The van der Waals surface area contributed by atoms with E-state index in [1.807, 2.05) is 12.1 Å². The van der Waals surface area contributed by atoms with Crippen LogP contribution in [0.2, 0.25) is 0 Å². The molecule has 4 nitrogen and oxygen atoms in total. The first-order valence-corrected chi connectivity index (χ1v) is 9.94. The van der Waals surface area contributed by atoms with Crippen molar-refractivity contribution in [2.24, 2.45) is 10.1 Å². The highest BCUT2D eigenvalue weighted by atomic mass is 79.9. The molecule has 0 spiro atoms. The summed E-state index contributed by atoms with van der Waals surface area (Å²) in [6.45, 7) is 0.899. The first kappa shape index (κ1) is 19.6. The molecule has 0 bridgehead atoms. The van der Waals surface area contributed by atoms with E-state index in [2.05, 4.69) is 68.9 Å². The van der Waals surface area contributed by atoms with E-state index in [1.54, 1.807) is 11.3 Å². The lowest BCUT2D eigenvalue weighted by molar-refractivity contribution is -0.00000527. The van der Waals surface area contributed by atoms with Crippen molar-refractivity contribution in [2.75, 3.05) is 6.54 Å². The molecule has 4 rings (SSSR count). The fourth-order valence-electron chi connectivity index (χ4n) is 3.10. The molecule has 0 saturated carbocycles. The molecule has 1 aromatic heterocycles. The summed E-state index contributed by atoms with van der Waals surface area (Å²) in [5.74, 6) is 0.997. The summed E-state index contributed by atoms with van der Waals surface area (Å²) >= 11 is 1.64. The summed E-state index contributed by atoms with van der Waals surface area (Å²) in [4.78, 5) is 5.53. The van der Waals surface area contributed by atoms with E-state index in [-0.39, 0.29) is 17.0 Å². The quantitative estimate of drug-likeness (QED) is 0.616. The van der Waals surface area contributed by atoms with Crippen LogP contribution >= 0.6 is 11.3 Å². The topological polar surface area (TPSA) is 41.7 Å². The van der Waals surface area contributed by atoms with Gasteiger partial charge in [0, 0.05) is 24.0 Å². The number of para-hydroxylation sites is 1. The average Bonchev–Trinajstić information content (AvgIpc) is 2.95. The SMILES string of the molecule is [Br-].c1ccc(-c2cs/c(=N/NC3=NCCCCC3)n2-c2ccccc2)cc1. The van der Waals surface area contributed by atoms with Gasteiger partial charge >= 0.3 is 0 Å². The Bertz CT molecular complexity index is 945. The highest BCUT2D eigenvalue weighted by Gasteiger charge is 2.10. The zero-order valence-electron chi connectivity index (χ0n) is 15.0. The van der Waals surface area contributed by atoms with Crippen molar-refractivity contribution in [1.29, 1.82) is 0 Å². The lowest BCUT2D eigenvalue weighted by Crippen LogP contribution is -3.00. The van der Waals surface area contributed by atoms with Crippen LogP contribution in [-0.2, 0) is 0 Å². The molecule has 2 aromatic carbocycles. The van der Waals surface area contributed by atoms with Crippen molar-refractivity contribution in [3.8, 4) is 16.9 Å². The molecule has 0 radical (unpaired) electrons. The number of benzene rings is 2. The van der Waals surface area contributed by atoms with Crippen LogP contribution in [0.3, 0.4) is 0 Å². The Kier molecular flexibility index (Phi) is 7.01. The van der Waals surface area contributed by atoms with E-state index in [0.29, 0.717) is 0 Å². The third-order valence-electron chi connectivity index (χ3n) is 4.45. The summed E-state index contributed by atoms with van der Waals surface area (Å²) in [6, 6.07) is 20.8. The maximum absolute atomic E-state index is 4.69. The van der Waals surface area contributed by atoms with Gasteiger partial charge in [-0.2, -0.15) is 0 Å². The van der Waals surface area contributed by atoms with Gasteiger partial charge < -0.3 is 17.0 Å². The Morgan fingerprint density at radius 3 is 2.44 bits per heavy atom. The standard InChI is InChI=1S/C21H22N4S.BrH/c1-4-10-17(11-5-1)19-16-26-21(25(19)18-12-6-2-7-13-18)24-23-20-14-8-3-9-15-22-20;/h1-2,4-7,10-13,16H,3,8-9,14-15H2,(H,22,23);1H/p-1/b24-21+;. The molecule has 27 heavy (non-hydrogen) atoms. The molecule has 0 amide bonds.